The number of hydrogen-bond acceptors (Lipinski definition) is 5. The number of piperidine rings is 1. The first-order valence-corrected chi connectivity index (χ1v) is 7.64. The van der Waals surface area contributed by atoms with E-state index in [9.17, 15) is 4.79 Å². The molecule has 0 aromatic carbocycles. The number of carbonyl (C=O) groups is 1. The summed E-state index contributed by atoms with van der Waals surface area (Å²) >= 11 is 1.55. The molecule has 0 radical (unpaired) electrons. The summed E-state index contributed by atoms with van der Waals surface area (Å²) in [6, 6.07) is 0.299. The Kier molecular flexibility index (Phi) is 4.90. The molecule has 0 bridgehead atoms. The first-order chi connectivity index (χ1) is 9.08. The van der Waals surface area contributed by atoms with Crippen molar-refractivity contribution in [1.29, 1.82) is 0 Å². The van der Waals surface area contributed by atoms with Crippen LogP contribution in [0.4, 0.5) is 5.13 Å². The highest BCUT2D eigenvalue weighted by Gasteiger charge is 2.18. The summed E-state index contributed by atoms with van der Waals surface area (Å²) in [5.41, 5.74) is 6.92. The summed E-state index contributed by atoms with van der Waals surface area (Å²) in [7, 11) is 0. The van der Waals surface area contributed by atoms with Crippen LogP contribution in [-0.2, 0) is 11.2 Å². The number of thiazole rings is 1. The van der Waals surface area contributed by atoms with Crippen LogP contribution < -0.4 is 11.1 Å². The molecule has 0 saturated carbocycles. The molecule has 1 aromatic heterocycles. The first-order valence-electron chi connectivity index (χ1n) is 6.82. The van der Waals surface area contributed by atoms with Gasteiger partial charge in [-0.25, -0.2) is 4.98 Å². The van der Waals surface area contributed by atoms with Gasteiger partial charge in [0, 0.05) is 24.0 Å². The molecular weight excluding hydrogens is 260 g/mol. The Bertz CT molecular complexity index is 438. The number of carbonyl (C=O) groups excluding carboxylic acids is 1. The van der Waals surface area contributed by atoms with E-state index < -0.39 is 0 Å². The first kappa shape index (κ1) is 14.4. The zero-order valence-corrected chi connectivity index (χ0v) is 12.4. The molecule has 2 rings (SSSR count). The number of aromatic nitrogens is 1. The molecule has 0 unspecified atom stereocenters. The zero-order chi connectivity index (χ0) is 13.8. The van der Waals surface area contributed by atoms with Crippen LogP contribution in [0.5, 0.6) is 0 Å². The maximum Gasteiger partial charge on any atom is 0.240 e. The van der Waals surface area contributed by atoms with E-state index in [4.69, 9.17) is 5.73 Å². The Hall–Kier alpha value is -0.980. The van der Waals surface area contributed by atoms with E-state index in [1.807, 2.05) is 6.92 Å². The third-order valence-electron chi connectivity index (χ3n) is 3.47. The molecule has 106 valence electrons. The predicted octanol–water partition coefficient (Wildman–Crippen LogP) is 1.38. The molecule has 1 amide bonds. The molecule has 5 nitrogen and oxygen atoms in total. The van der Waals surface area contributed by atoms with E-state index in [0.717, 1.165) is 38.0 Å². The van der Waals surface area contributed by atoms with E-state index in [1.54, 1.807) is 11.3 Å². The van der Waals surface area contributed by atoms with Gasteiger partial charge < -0.3 is 11.1 Å². The van der Waals surface area contributed by atoms with Gasteiger partial charge in [0.2, 0.25) is 5.91 Å². The maximum atomic E-state index is 12.0. The number of nitrogens with two attached hydrogens (primary N) is 1. The van der Waals surface area contributed by atoms with E-state index >= 15 is 0 Å². The molecule has 6 heteroatoms. The van der Waals surface area contributed by atoms with Crippen LogP contribution in [0.15, 0.2) is 0 Å². The number of amides is 1. The van der Waals surface area contributed by atoms with Gasteiger partial charge in [-0.3, -0.25) is 9.69 Å². The van der Waals surface area contributed by atoms with Crippen LogP contribution in [0, 0.1) is 6.92 Å². The molecule has 1 aliphatic rings. The topological polar surface area (TPSA) is 71.2 Å². The highest BCUT2D eigenvalue weighted by atomic mass is 32.1. The molecule has 19 heavy (non-hydrogen) atoms. The number of anilines is 1. The van der Waals surface area contributed by atoms with Gasteiger partial charge in [-0.2, -0.15) is 0 Å². The van der Waals surface area contributed by atoms with Crippen molar-refractivity contribution in [3.05, 3.63) is 10.6 Å². The van der Waals surface area contributed by atoms with Crippen molar-refractivity contribution in [2.75, 3.05) is 25.0 Å². The molecule has 3 N–H and O–H groups in total. The van der Waals surface area contributed by atoms with Gasteiger partial charge in [0.05, 0.1) is 12.2 Å². The molecule has 2 heterocycles. The number of hydrogen-bond donors (Lipinski definition) is 2. The number of nitrogens with zero attached hydrogens (tertiary/aromatic N) is 2. The van der Waals surface area contributed by atoms with E-state index in [0.29, 0.717) is 17.7 Å². The Labute approximate surface area is 118 Å². The lowest BCUT2D eigenvalue weighted by molar-refractivity contribution is -0.117. The summed E-state index contributed by atoms with van der Waals surface area (Å²) < 4.78 is 0. The van der Waals surface area contributed by atoms with Gasteiger partial charge in [-0.05, 0) is 26.2 Å². The summed E-state index contributed by atoms with van der Waals surface area (Å²) in [6.45, 7) is 6.37. The van der Waals surface area contributed by atoms with Gasteiger partial charge in [0.1, 0.15) is 0 Å². The number of nitrogens with one attached hydrogen (secondary N) is 1. The Morgan fingerprint density at radius 3 is 2.79 bits per heavy atom. The van der Waals surface area contributed by atoms with Crippen molar-refractivity contribution in [2.24, 2.45) is 5.73 Å². The van der Waals surface area contributed by atoms with Gasteiger partial charge in [-0.1, -0.05) is 6.92 Å². The molecule has 0 spiro atoms. The number of rotatable bonds is 4. The van der Waals surface area contributed by atoms with Crippen LogP contribution in [0.2, 0.25) is 0 Å². The van der Waals surface area contributed by atoms with Crippen molar-refractivity contribution in [3.8, 4) is 0 Å². The average molecular weight is 282 g/mol. The summed E-state index contributed by atoms with van der Waals surface area (Å²) in [4.78, 5) is 19.7. The monoisotopic (exact) mass is 282 g/mol. The van der Waals surface area contributed by atoms with Gasteiger partial charge >= 0.3 is 0 Å². The third kappa shape index (κ3) is 3.99. The van der Waals surface area contributed by atoms with Crippen molar-refractivity contribution >= 4 is 22.4 Å². The molecule has 1 aliphatic heterocycles. The average Bonchev–Trinajstić information content (AvgIpc) is 2.72. The number of aryl methyl sites for hydroxylation is 2. The highest BCUT2D eigenvalue weighted by Crippen LogP contribution is 2.22. The standard InChI is InChI=1S/C13H22N4OS/c1-3-11-9(2)19-13(15-11)16-12(18)8-17-6-4-10(14)5-7-17/h10H,3-8,14H2,1-2H3,(H,15,16,18). The second-order valence-corrected chi connectivity index (χ2v) is 6.24. The molecular formula is C13H22N4OS. The second-order valence-electron chi connectivity index (χ2n) is 5.04. The van der Waals surface area contributed by atoms with Crippen LogP contribution in [0.1, 0.15) is 30.3 Å². The van der Waals surface area contributed by atoms with Crippen molar-refractivity contribution in [1.82, 2.24) is 9.88 Å². The van der Waals surface area contributed by atoms with Crippen molar-refractivity contribution < 1.29 is 4.79 Å². The smallest absolute Gasteiger partial charge is 0.240 e. The fraction of sp³-hybridized carbons (Fsp3) is 0.692. The number of likely N-dealkylation sites (tertiary alicyclic amines) is 1. The van der Waals surface area contributed by atoms with Crippen LogP contribution in [0.25, 0.3) is 0 Å². The summed E-state index contributed by atoms with van der Waals surface area (Å²) in [6.07, 6.45) is 2.86. The highest BCUT2D eigenvalue weighted by molar-refractivity contribution is 7.15. The van der Waals surface area contributed by atoms with Crippen LogP contribution in [0.3, 0.4) is 0 Å². The molecule has 1 aromatic rings. The van der Waals surface area contributed by atoms with Crippen LogP contribution in [-0.4, -0.2) is 41.5 Å². The fourth-order valence-corrected chi connectivity index (χ4v) is 3.20. The summed E-state index contributed by atoms with van der Waals surface area (Å²) in [5.74, 6) is 0.0203. The quantitative estimate of drug-likeness (QED) is 0.875. The third-order valence-corrected chi connectivity index (χ3v) is 4.40. The van der Waals surface area contributed by atoms with Gasteiger partial charge in [-0.15, -0.1) is 11.3 Å². The zero-order valence-electron chi connectivity index (χ0n) is 11.6. The van der Waals surface area contributed by atoms with Crippen molar-refractivity contribution in [2.45, 2.75) is 39.2 Å². The van der Waals surface area contributed by atoms with E-state index in [-0.39, 0.29) is 5.91 Å². The Balaban J connectivity index is 1.83. The summed E-state index contributed by atoms with van der Waals surface area (Å²) in [5, 5.41) is 3.61. The minimum atomic E-state index is 0.0203. The molecule has 0 atom stereocenters. The lowest BCUT2D eigenvalue weighted by Gasteiger charge is -2.29. The maximum absolute atomic E-state index is 12.0. The fourth-order valence-electron chi connectivity index (χ4n) is 2.28. The Morgan fingerprint density at radius 2 is 2.21 bits per heavy atom. The second kappa shape index (κ2) is 6.45. The SMILES string of the molecule is CCc1nc(NC(=O)CN2CCC(N)CC2)sc1C. The van der Waals surface area contributed by atoms with Gasteiger partial charge in [0.15, 0.2) is 5.13 Å². The van der Waals surface area contributed by atoms with Gasteiger partial charge in [0.25, 0.3) is 0 Å². The minimum absolute atomic E-state index is 0.0203. The molecule has 1 saturated heterocycles. The minimum Gasteiger partial charge on any atom is -0.328 e. The van der Waals surface area contributed by atoms with E-state index in [1.165, 1.54) is 4.88 Å². The van der Waals surface area contributed by atoms with E-state index in [2.05, 4.69) is 22.1 Å². The molecule has 1 fully saturated rings. The predicted molar refractivity (Wildman–Crippen MR) is 78.5 cm³/mol. The molecule has 0 aliphatic carbocycles. The van der Waals surface area contributed by atoms with Crippen LogP contribution >= 0.6 is 11.3 Å². The Morgan fingerprint density at radius 1 is 1.53 bits per heavy atom. The van der Waals surface area contributed by atoms with Crippen molar-refractivity contribution in [3.63, 3.8) is 0 Å². The normalized spacial score (nSPS) is 17.6. The lowest BCUT2D eigenvalue weighted by Crippen LogP contribution is -2.43. The lowest BCUT2D eigenvalue weighted by atomic mass is 10.1. The largest absolute Gasteiger partial charge is 0.328 e.